The van der Waals surface area contributed by atoms with E-state index in [0.29, 0.717) is 5.69 Å². The maximum atomic E-state index is 11.8. The molecule has 1 aliphatic rings. The van der Waals surface area contributed by atoms with Gasteiger partial charge in [-0.1, -0.05) is 6.07 Å². The van der Waals surface area contributed by atoms with Crippen molar-refractivity contribution in [1.29, 1.82) is 0 Å². The number of nitro groups is 1. The Morgan fingerprint density at radius 3 is 3.00 bits per heavy atom. The van der Waals surface area contributed by atoms with Crippen LogP contribution in [0.2, 0.25) is 0 Å². The highest BCUT2D eigenvalue weighted by molar-refractivity contribution is 5.89. The van der Waals surface area contributed by atoms with Gasteiger partial charge in [0.1, 0.15) is 0 Å². The maximum absolute atomic E-state index is 11.8. The first-order valence-corrected chi connectivity index (χ1v) is 6.50. The molecule has 108 valence electrons. The second-order valence-corrected chi connectivity index (χ2v) is 4.75. The summed E-state index contributed by atoms with van der Waals surface area (Å²) in [5.74, 6) is 0. The number of nitro benzene ring substituents is 1. The number of nitrogens with zero attached hydrogens (tertiary/aromatic N) is 1. The Kier molecular flexibility index (Phi) is 4.52. The third kappa shape index (κ3) is 3.67. The summed E-state index contributed by atoms with van der Waals surface area (Å²) in [5.41, 5.74) is 0.325. The monoisotopic (exact) mass is 279 g/mol. The summed E-state index contributed by atoms with van der Waals surface area (Å²) in [4.78, 5) is 22.0. The Labute approximate surface area is 116 Å². The van der Waals surface area contributed by atoms with Crippen molar-refractivity contribution in [3.8, 4) is 0 Å². The molecule has 1 heterocycles. The van der Waals surface area contributed by atoms with Gasteiger partial charge >= 0.3 is 6.03 Å². The van der Waals surface area contributed by atoms with Gasteiger partial charge in [0.05, 0.1) is 17.1 Å². The van der Waals surface area contributed by atoms with Gasteiger partial charge in [-0.25, -0.2) is 4.79 Å². The topological polar surface area (TPSA) is 93.5 Å². The van der Waals surface area contributed by atoms with Gasteiger partial charge in [-0.15, -0.1) is 0 Å². The van der Waals surface area contributed by atoms with Crippen LogP contribution in [-0.2, 0) is 4.74 Å². The minimum absolute atomic E-state index is 0.0332. The molecular formula is C13H17N3O4. The molecule has 2 amide bonds. The lowest BCUT2D eigenvalue weighted by Crippen LogP contribution is -2.42. The smallest absolute Gasteiger partial charge is 0.319 e. The first kappa shape index (κ1) is 14.3. The van der Waals surface area contributed by atoms with Crippen LogP contribution in [0.4, 0.5) is 16.2 Å². The summed E-state index contributed by atoms with van der Waals surface area (Å²) in [6.45, 7) is 2.60. The molecule has 1 saturated heterocycles. The van der Waals surface area contributed by atoms with Gasteiger partial charge in [0.15, 0.2) is 0 Å². The number of carbonyl (C=O) groups is 1. The van der Waals surface area contributed by atoms with Gasteiger partial charge in [-0.05, 0) is 25.8 Å². The van der Waals surface area contributed by atoms with Gasteiger partial charge in [0, 0.05) is 24.4 Å². The Balaban J connectivity index is 1.90. The summed E-state index contributed by atoms with van der Waals surface area (Å²) in [7, 11) is 0. The van der Waals surface area contributed by atoms with Crippen molar-refractivity contribution < 1.29 is 14.5 Å². The van der Waals surface area contributed by atoms with Crippen LogP contribution in [0.5, 0.6) is 0 Å². The fourth-order valence-corrected chi connectivity index (χ4v) is 2.16. The second kappa shape index (κ2) is 6.33. The predicted molar refractivity (Wildman–Crippen MR) is 73.7 cm³/mol. The van der Waals surface area contributed by atoms with Crippen LogP contribution in [0.15, 0.2) is 24.3 Å². The lowest BCUT2D eigenvalue weighted by molar-refractivity contribution is -0.384. The van der Waals surface area contributed by atoms with Crippen molar-refractivity contribution in [2.75, 3.05) is 11.9 Å². The molecule has 0 bridgehead atoms. The summed E-state index contributed by atoms with van der Waals surface area (Å²) < 4.78 is 5.48. The average Bonchev–Trinajstić information content (AvgIpc) is 2.92. The van der Waals surface area contributed by atoms with Crippen LogP contribution in [0, 0.1) is 10.1 Å². The highest BCUT2D eigenvalue weighted by Gasteiger charge is 2.23. The van der Waals surface area contributed by atoms with E-state index in [0.717, 1.165) is 19.4 Å². The van der Waals surface area contributed by atoms with Crippen LogP contribution < -0.4 is 10.6 Å². The van der Waals surface area contributed by atoms with Gasteiger partial charge in [-0.3, -0.25) is 10.1 Å². The number of ether oxygens (including phenoxy) is 1. The number of hydrogen-bond acceptors (Lipinski definition) is 4. The highest BCUT2D eigenvalue weighted by atomic mass is 16.6. The molecule has 20 heavy (non-hydrogen) atoms. The molecule has 1 aliphatic heterocycles. The van der Waals surface area contributed by atoms with Crippen LogP contribution in [0.1, 0.15) is 19.8 Å². The SMILES string of the molecule is C[C@@H](NC(=O)Nc1cccc([N+](=O)[O-])c1)[C@H]1CCCO1. The molecule has 2 rings (SSSR count). The predicted octanol–water partition coefficient (Wildman–Crippen LogP) is 2.28. The van der Waals surface area contributed by atoms with Crippen molar-refractivity contribution in [3.05, 3.63) is 34.4 Å². The third-order valence-corrected chi connectivity index (χ3v) is 3.20. The average molecular weight is 279 g/mol. The maximum Gasteiger partial charge on any atom is 0.319 e. The zero-order chi connectivity index (χ0) is 14.5. The zero-order valence-corrected chi connectivity index (χ0v) is 11.2. The molecule has 7 nitrogen and oxygen atoms in total. The van der Waals surface area contributed by atoms with Gasteiger partial charge in [-0.2, -0.15) is 0 Å². The number of carbonyl (C=O) groups excluding carboxylic acids is 1. The number of rotatable bonds is 4. The highest BCUT2D eigenvalue weighted by Crippen LogP contribution is 2.18. The van der Waals surface area contributed by atoms with Gasteiger partial charge in [0.25, 0.3) is 5.69 Å². The molecular weight excluding hydrogens is 262 g/mol. The molecule has 0 saturated carbocycles. The van der Waals surface area contributed by atoms with Gasteiger partial charge < -0.3 is 15.4 Å². The molecule has 0 aliphatic carbocycles. The number of anilines is 1. The number of amides is 2. The zero-order valence-electron chi connectivity index (χ0n) is 11.2. The standard InChI is InChI=1S/C13H17N3O4/c1-9(12-6-3-7-20-12)14-13(17)15-10-4-2-5-11(8-10)16(18)19/h2,4-5,8-9,12H,3,6-7H2,1H3,(H2,14,15,17)/t9-,12-/m1/s1. The van der Waals surface area contributed by atoms with E-state index in [-0.39, 0.29) is 17.8 Å². The fourth-order valence-electron chi connectivity index (χ4n) is 2.16. The van der Waals surface area contributed by atoms with E-state index in [4.69, 9.17) is 4.74 Å². The summed E-state index contributed by atoms with van der Waals surface area (Å²) in [5, 5.41) is 16.0. The first-order valence-electron chi connectivity index (χ1n) is 6.50. The molecule has 0 aromatic heterocycles. The number of nitrogens with one attached hydrogen (secondary N) is 2. The number of urea groups is 1. The van der Waals surface area contributed by atoms with Crippen molar-refractivity contribution in [3.63, 3.8) is 0 Å². The number of non-ortho nitro benzene ring substituents is 1. The molecule has 1 aromatic carbocycles. The van der Waals surface area contributed by atoms with Gasteiger partial charge in [0.2, 0.25) is 0 Å². The summed E-state index contributed by atoms with van der Waals surface area (Å²) >= 11 is 0. The minimum Gasteiger partial charge on any atom is -0.376 e. The second-order valence-electron chi connectivity index (χ2n) is 4.75. The first-order chi connectivity index (χ1) is 9.56. The van der Waals surface area contributed by atoms with E-state index in [1.807, 2.05) is 6.92 Å². The van der Waals surface area contributed by atoms with Crippen LogP contribution in [0.3, 0.4) is 0 Å². The molecule has 1 aromatic rings. The molecule has 0 unspecified atom stereocenters. The van der Waals surface area contributed by atoms with E-state index < -0.39 is 11.0 Å². The van der Waals surface area contributed by atoms with E-state index in [1.165, 1.54) is 18.2 Å². The van der Waals surface area contributed by atoms with Crippen molar-refractivity contribution >= 4 is 17.4 Å². The number of hydrogen-bond donors (Lipinski definition) is 2. The Morgan fingerprint density at radius 1 is 1.55 bits per heavy atom. The number of benzene rings is 1. The molecule has 2 atom stereocenters. The lowest BCUT2D eigenvalue weighted by Gasteiger charge is -2.20. The fraction of sp³-hybridized carbons (Fsp3) is 0.462. The molecule has 0 radical (unpaired) electrons. The van der Waals surface area contributed by atoms with Crippen molar-refractivity contribution in [1.82, 2.24) is 5.32 Å². The Bertz CT molecular complexity index is 500. The molecule has 0 spiro atoms. The summed E-state index contributed by atoms with van der Waals surface area (Å²) in [6.07, 6.45) is 1.97. The minimum atomic E-state index is -0.502. The van der Waals surface area contributed by atoms with Crippen molar-refractivity contribution in [2.45, 2.75) is 31.9 Å². The summed E-state index contributed by atoms with van der Waals surface area (Å²) in [6, 6.07) is 5.32. The Hall–Kier alpha value is -2.15. The van der Waals surface area contributed by atoms with Crippen LogP contribution in [-0.4, -0.2) is 29.7 Å². The molecule has 7 heteroatoms. The Morgan fingerprint density at radius 2 is 2.35 bits per heavy atom. The quantitative estimate of drug-likeness (QED) is 0.653. The van der Waals surface area contributed by atoms with E-state index in [2.05, 4.69) is 10.6 Å². The van der Waals surface area contributed by atoms with E-state index >= 15 is 0 Å². The lowest BCUT2D eigenvalue weighted by atomic mass is 10.1. The van der Waals surface area contributed by atoms with E-state index in [1.54, 1.807) is 6.07 Å². The third-order valence-electron chi connectivity index (χ3n) is 3.20. The molecule has 2 N–H and O–H groups in total. The normalized spacial score (nSPS) is 19.4. The molecule has 1 fully saturated rings. The van der Waals surface area contributed by atoms with Crippen LogP contribution in [0.25, 0.3) is 0 Å². The van der Waals surface area contributed by atoms with Crippen molar-refractivity contribution in [2.24, 2.45) is 0 Å². The van der Waals surface area contributed by atoms with E-state index in [9.17, 15) is 14.9 Å². The van der Waals surface area contributed by atoms with Crippen LogP contribution >= 0.6 is 0 Å². The largest absolute Gasteiger partial charge is 0.376 e.